The van der Waals surface area contributed by atoms with Crippen molar-refractivity contribution in [3.63, 3.8) is 0 Å². The fourth-order valence-electron chi connectivity index (χ4n) is 1.58. The summed E-state index contributed by atoms with van der Waals surface area (Å²) in [7, 11) is 4.00. The Bertz CT molecular complexity index is 329. The lowest BCUT2D eigenvalue weighted by Crippen LogP contribution is -2.28. The Labute approximate surface area is 86.7 Å². The average Bonchev–Trinajstić information content (AvgIpc) is 2.10. The van der Waals surface area contributed by atoms with Gasteiger partial charge in [-0.05, 0) is 57.1 Å². The van der Waals surface area contributed by atoms with Gasteiger partial charge in [-0.25, -0.2) is 0 Å². The summed E-state index contributed by atoms with van der Waals surface area (Å²) in [6.45, 7) is 6.37. The van der Waals surface area contributed by atoms with Gasteiger partial charge in [0.1, 0.15) is 0 Å². The van der Waals surface area contributed by atoms with Crippen molar-refractivity contribution >= 4 is 0 Å². The number of hydrogen-bond acceptors (Lipinski definition) is 2. The van der Waals surface area contributed by atoms with Crippen molar-refractivity contribution in [2.45, 2.75) is 26.9 Å². The maximum absolute atomic E-state index is 6.08. The zero-order valence-corrected chi connectivity index (χ0v) is 9.76. The van der Waals surface area contributed by atoms with E-state index in [1.807, 2.05) is 19.0 Å². The van der Waals surface area contributed by atoms with Gasteiger partial charge in [-0.1, -0.05) is 12.1 Å². The SMILES string of the molecule is Cc1cc(C)c(C(N)N(C)C)cc1C. The van der Waals surface area contributed by atoms with E-state index in [1.54, 1.807) is 0 Å². The molecule has 78 valence electrons. The molecule has 2 heteroatoms. The number of hydrogen-bond donors (Lipinski definition) is 1. The van der Waals surface area contributed by atoms with E-state index >= 15 is 0 Å². The molecule has 1 rings (SSSR count). The Balaban J connectivity index is 3.15. The molecule has 14 heavy (non-hydrogen) atoms. The molecule has 0 saturated carbocycles. The molecule has 0 aliphatic rings. The molecular formula is C12H20N2. The smallest absolute Gasteiger partial charge is 0.0833 e. The van der Waals surface area contributed by atoms with Crippen LogP contribution in [0.5, 0.6) is 0 Å². The van der Waals surface area contributed by atoms with Gasteiger partial charge in [0.05, 0.1) is 6.17 Å². The first-order valence-corrected chi connectivity index (χ1v) is 4.93. The molecule has 0 saturated heterocycles. The van der Waals surface area contributed by atoms with Gasteiger partial charge < -0.3 is 5.73 Å². The van der Waals surface area contributed by atoms with Crippen LogP contribution in [0.2, 0.25) is 0 Å². The number of nitrogens with zero attached hydrogens (tertiary/aromatic N) is 1. The molecule has 0 heterocycles. The molecule has 1 aromatic carbocycles. The van der Waals surface area contributed by atoms with Crippen LogP contribution in [0.1, 0.15) is 28.4 Å². The fraction of sp³-hybridized carbons (Fsp3) is 0.500. The van der Waals surface area contributed by atoms with Gasteiger partial charge >= 0.3 is 0 Å². The maximum Gasteiger partial charge on any atom is 0.0833 e. The normalized spacial score (nSPS) is 13.4. The minimum atomic E-state index is -0.00528. The largest absolute Gasteiger partial charge is 0.312 e. The highest BCUT2D eigenvalue weighted by Crippen LogP contribution is 2.21. The van der Waals surface area contributed by atoms with Gasteiger partial charge in [-0.2, -0.15) is 0 Å². The standard InChI is InChI=1S/C12H20N2/c1-8-6-10(3)11(7-9(8)2)12(13)14(4)5/h6-7,12H,13H2,1-5H3. The second-order valence-corrected chi connectivity index (χ2v) is 4.20. The van der Waals surface area contributed by atoms with Gasteiger partial charge in [0.25, 0.3) is 0 Å². The third-order valence-corrected chi connectivity index (χ3v) is 2.76. The van der Waals surface area contributed by atoms with Crippen molar-refractivity contribution in [2.24, 2.45) is 5.73 Å². The van der Waals surface area contributed by atoms with Crippen LogP contribution in [0.25, 0.3) is 0 Å². The molecule has 1 aromatic rings. The van der Waals surface area contributed by atoms with Crippen LogP contribution in [0, 0.1) is 20.8 Å². The van der Waals surface area contributed by atoms with Crippen LogP contribution < -0.4 is 5.73 Å². The Morgan fingerprint density at radius 1 is 1.00 bits per heavy atom. The first-order chi connectivity index (χ1) is 6.43. The van der Waals surface area contributed by atoms with Crippen LogP contribution >= 0.6 is 0 Å². The number of aryl methyl sites for hydroxylation is 3. The average molecular weight is 192 g/mol. The van der Waals surface area contributed by atoms with E-state index in [0.717, 1.165) is 0 Å². The van der Waals surface area contributed by atoms with E-state index in [9.17, 15) is 0 Å². The van der Waals surface area contributed by atoms with E-state index in [-0.39, 0.29) is 6.17 Å². The van der Waals surface area contributed by atoms with Crippen molar-refractivity contribution in [1.82, 2.24) is 4.90 Å². The molecule has 0 spiro atoms. The molecule has 1 unspecified atom stereocenters. The number of benzene rings is 1. The lowest BCUT2D eigenvalue weighted by atomic mass is 9.99. The molecule has 2 N–H and O–H groups in total. The highest BCUT2D eigenvalue weighted by atomic mass is 15.2. The van der Waals surface area contributed by atoms with Crippen molar-refractivity contribution in [3.8, 4) is 0 Å². The summed E-state index contributed by atoms with van der Waals surface area (Å²) in [5, 5.41) is 0. The molecule has 0 bridgehead atoms. The first kappa shape index (κ1) is 11.2. The van der Waals surface area contributed by atoms with Gasteiger partial charge in [0.2, 0.25) is 0 Å². The summed E-state index contributed by atoms with van der Waals surface area (Å²) >= 11 is 0. The highest BCUT2D eigenvalue weighted by Gasteiger charge is 2.11. The Morgan fingerprint density at radius 3 is 2.00 bits per heavy atom. The third kappa shape index (κ3) is 2.14. The molecule has 2 nitrogen and oxygen atoms in total. The number of rotatable bonds is 2. The summed E-state index contributed by atoms with van der Waals surface area (Å²) in [5.74, 6) is 0. The van der Waals surface area contributed by atoms with Crippen LogP contribution in [-0.4, -0.2) is 19.0 Å². The van der Waals surface area contributed by atoms with E-state index in [4.69, 9.17) is 5.73 Å². The lowest BCUT2D eigenvalue weighted by Gasteiger charge is -2.22. The fourth-order valence-corrected chi connectivity index (χ4v) is 1.58. The zero-order valence-electron chi connectivity index (χ0n) is 9.76. The second kappa shape index (κ2) is 4.11. The summed E-state index contributed by atoms with van der Waals surface area (Å²) in [6, 6.07) is 4.39. The molecule has 1 atom stereocenters. The Morgan fingerprint density at radius 2 is 1.50 bits per heavy atom. The minimum absolute atomic E-state index is 0.00528. The molecule has 0 aliphatic carbocycles. The summed E-state index contributed by atoms with van der Waals surface area (Å²) in [4.78, 5) is 2.02. The Kier molecular flexibility index (Phi) is 3.29. The predicted molar refractivity (Wildman–Crippen MR) is 61.3 cm³/mol. The second-order valence-electron chi connectivity index (χ2n) is 4.20. The third-order valence-electron chi connectivity index (χ3n) is 2.76. The molecule has 0 aliphatic heterocycles. The molecular weight excluding hydrogens is 172 g/mol. The zero-order chi connectivity index (χ0) is 10.9. The highest BCUT2D eigenvalue weighted by molar-refractivity contribution is 5.37. The van der Waals surface area contributed by atoms with E-state index in [2.05, 4.69) is 32.9 Å². The van der Waals surface area contributed by atoms with Gasteiger partial charge in [-0.3, -0.25) is 4.90 Å². The minimum Gasteiger partial charge on any atom is -0.312 e. The van der Waals surface area contributed by atoms with E-state index in [1.165, 1.54) is 22.3 Å². The summed E-state index contributed by atoms with van der Waals surface area (Å²) in [5.41, 5.74) is 11.2. The van der Waals surface area contributed by atoms with Crippen LogP contribution in [0.15, 0.2) is 12.1 Å². The van der Waals surface area contributed by atoms with Gasteiger partial charge in [-0.15, -0.1) is 0 Å². The van der Waals surface area contributed by atoms with Crippen LogP contribution in [0.4, 0.5) is 0 Å². The maximum atomic E-state index is 6.08. The van der Waals surface area contributed by atoms with Crippen molar-refractivity contribution in [3.05, 3.63) is 34.4 Å². The quantitative estimate of drug-likeness (QED) is 0.727. The lowest BCUT2D eigenvalue weighted by molar-refractivity contribution is 0.306. The molecule has 0 aromatic heterocycles. The predicted octanol–water partition coefficient (Wildman–Crippen LogP) is 2.13. The summed E-state index contributed by atoms with van der Waals surface area (Å²) in [6.07, 6.45) is -0.00528. The van der Waals surface area contributed by atoms with E-state index < -0.39 is 0 Å². The molecule has 0 amide bonds. The molecule has 0 fully saturated rings. The number of nitrogens with two attached hydrogens (primary N) is 1. The van der Waals surface area contributed by atoms with Crippen molar-refractivity contribution in [1.29, 1.82) is 0 Å². The van der Waals surface area contributed by atoms with Crippen LogP contribution in [0.3, 0.4) is 0 Å². The molecule has 0 radical (unpaired) electrons. The van der Waals surface area contributed by atoms with Crippen molar-refractivity contribution in [2.75, 3.05) is 14.1 Å². The van der Waals surface area contributed by atoms with Crippen LogP contribution in [-0.2, 0) is 0 Å². The van der Waals surface area contributed by atoms with Crippen molar-refractivity contribution < 1.29 is 0 Å². The topological polar surface area (TPSA) is 29.3 Å². The van der Waals surface area contributed by atoms with E-state index in [0.29, 0.717) is 0 Å². The van der Waals surface area contributed by atoms with Gasteiger partial charge in [0, 0.05) is 0 Å². The van der Waals surface area contributed by atoms with Gasteiger partial charge in [0.15, 0.2) is 0 Å². The summed E-state index contributed by atoms with van der Waals surface area (Å²) < 4.78 is 0. The monoisotopic (exact) mass is 192 g/mol. The first-order valence-electron chi connectivity index (χ1n) is 4.93. The Hall–Kier alpha value is -0.860.